The molecule has 0 aromatic rings. The van der Waals surface area contributed by atoms with E-state index in [1.165, 1.54) is 32.1 Å². The molecule has 0 aromatic heterocycles. The molecule has 0 radical (unpaired) electrons. The fourth-order valence-corrected chi connectivity index (χ4v) is 2.93. The van der Waals surface area contributed by atoms with Crippen LogP contribution in [0.2, 0.25) is 0 Å². The predicted octanol–water partition coefficient (Wildman–Crippen LogP) is 1.80. The van der Waals surface area contributed by atoms with Gasteiger partial charge in [0.1, 0.15) is 0 Å². The average Bonchev–Trinajstić information content (AvgIpc) is 2.85. The maximum absolute atomic E-state index is 11.8. The summed E-state index contributed by atoms with van der Waals surface area (Å²) in [5, 5.41) is 0. The van der Waals surface area contributed by atoms with Crippen LogP contribution in [0.3, 0.4) is 0 Å². The number of nitrogens with zero attached hydrogens (tertiary/aromatic N) is 2. The van der Waals surface area contributed by atoms with E-state index >= 15 is 0 Å². The first kappa shape index (κ1) is 15.0. The minimum absolute atomic E-state index is 0.0609. The number of methoxy groups -OCH3 is 1. The van der Waals surface area contributed by atoms with Crippen LogP contribution in [-0.2, 0) is 14.3 Å². The maximum atomic E-state index is 11.8. The minimum atomic E-state index is -0.280. The molecule has 0 bridgehead atoms. The molecule has 1 aliphatic heterocycles. The molecule has 20 heavy (non-hydrogen) atoms. The molecule has 5 nitrogen and oxygen atoms in total. The van der Waals surface area contributed by atoms with E-state index in [2.05, 4.69) is 4.99 Å². The third-order valence-electron chi connectivity index (χ3n) is 4.10. The van der Waals surface area contributed by atoms with Crippen molar-refractivity contribution in [2.45, 2.75) is 44.9 Å². The first-order valence-corrected chi connectivity index (χ1v) is 7.58. The lowest BCUT2D eigenvalue weighted by Crippen LogP contribution is -2.28. The first-order chi connectivity index (χ1) is 9.70. The zero-order valence-corrected chi connectivity index (χ0v) is 12.3. The Bertz CT molecular complexity index is 385. The number of ether oxygens (including phenoxy) is 1. The van der Waals surface area contributed by atoms with Gasteiger partial charge in [-0.15, -0.1) is 0 Å². The van der Waals surface area contributed by atoms with Gasteiger partial charge < -0.3 is 9.64 Å². The van der Waals surface area contributed by atoms with Crippen molar-refractivity contribution in [3.05, 3.63) is 0 Å². The van der Waals surface area contributed by atoms with Crippen LogP contribution >= 0.6 is 0 Å². The second-order valence-corrected chi connectivity index (χ2v) is 5.63. The number of rotatable bonds is 5. The van der Waals surface area contributed by atoms with Crippen LogP contribution < -0.4 is 0 Å². The lowest BCUT2D eigenvalue weighted by molar-refractivity contribution is -0.145. The molecule has 112 valence electrons. The zero-order chi connectivity index (χ0) is 14.4. The molecule has 5 heteroatoms. The van der Waals surface area contributed by atoms with Crippen molar-refractivity contribution in [1.29, 1.82) is 0 Å². The average molecular weight is 280 g/mol. The van der Waals surface area contributed by atoms with E-state index in [9.17, 15) is 9.59 Å². The van der Waals surface area contributed by atoms with Gasteiger partial charge in [0.25, 0.3) is 0 Å². The van der Waals surface area contributed by atoms with E-state index in [0.717, 1.165) is 25.8 Å². The highest BCUT2D eigenvalue weighted by Gasteiger charge is 2.34. The van der Waals surface area contributed by atoms with Gasteiger partial charge in [0.15, 0.2) is 0 Å². The predicted molar refractivity (Wildman–Crippen MR) is 76.7 cm³/mol. The Morgan fingerprint density at radius 2 is 2.10 bits per heavy atom. The Balaban J connectivity index is 1.69. The number of hydrogen-bond acceptors (Lipinski definition) is 4. The molecule has 1 aliphatic carbocycles. The Hall–Kier alpha value is -1.39. The smallest absolute Gasteiger partial charge is 0.310 e. The van der Waals surface area contributed by atoms with Crippen LogP contribution in [0.4, 0.5) is 0 Å². The first-order valence-electron chi connectivity index (χ1n) is 7.58. The summed E-state index contributed by atoms with van der Waals surface area (Å²) >= 11 is 0. The van der Waals surface area contributed by atoms with Crippen molar-refractivity contribution in [3.63, 3.8) is 0 Å². The largest absolute Gasteiger partial charge is 0.469 e. The van der Waals surface area contributed by atoms with E-state index in [0.29, 0.717) is 19.5 Å². The molecule has 2 rings (SSSR count). The van der Waals surface area contributed by atoms with Gasteiger partial charge in [-0.1, -0.05) is 6.42 Å². The number of likely N-dealkylation sites (tertiary alicyclic amines) is 1. The molecule has 1 saturated carbocycles. The van der Waals surface area contributed by atoms with Gasteiger partial charge in [0.05, 0.1) is 13.0 Å². The third-order valence-corrected chi connectivity index (χ3v) is 4.10. The van der Waals surface area contributed by atoms with Gasteiger partial charge >= 0.3 is 5.97 Å². The summed E-state index contributed by atoms with van der Waals surface area (Å²) in [5.41, 5.74) is 1.34. The Labute approximate surface area is 120 Å². The molecule has 1 saturated heterocycles. The highest BCUT2D eigenvalue weighted by atomic mass is 16.5. The highest BCUT2D eigenvalue weighted by Crippen LogP contribution is 2.19. The van der Waals surface area contributed by atoms with Crippen molar-refractivity contribution in [2.75, 3.05) is 26.7 Å². The summed E-state index contributed by atoms with van der Waals surface area (Å²) in [7, 11) is 1.37. The topological polar surface area (TPSA) is 59.0 Å². The molecule has 2 aliphatic rings. The molecular formula is C15H24N2O3. The van der Waals surface area contributed by atoms with Gasteiger partial charge in [0, 0.05) is 31.8 Å². The Kier molecular flexibility index (Phi) is 5.56. The van der Waals surface area contributed by atoms with Crippen molar-refractivity contribution in [1.82, 2.24) is 4.90 Å². The van der Waals surface area contributed by atoms with Crippen LogP contribution in [0.15, 0.2) is 4.99 Å². The fraction of sp³-hybridized carbons (Fsp3) is 0.800. The van der Waals surface area contributed by atoms with Crippen LogP contribution in [-0.4, -0.2) is 49.2 Å². The number of amides is 1. The van der Waals surface area contributed by atoms with Crippen molar-refractivity contribution in [2.24, 2.45) is 10.9 Å². The van der Waals surface area contributed by atoms with Gasteiger partial charge in [0.2, 0.25) is 5.91 Å². The molecule has 1 heterocycles. The van der Waals surface area contributed by atoms with E-state index in [-0.39, 0.29) is 17.8 Å². The molecule has 0 aromatic carbocycles. The zero-order valence-electron chi connectivity index (χ0n) is 12.3. The number of hydrogen-bond donors (Lipinski definition) is 0. The number of aliphatic imine (C=N–C) groups is 1. The molecule has 0 N–H and O–H groups in total. The van der Waals surface area contributed by atoms with Crippen LogP contribution in [0.25, 0.3) is 0 Å². The molecule has 1 unspecified atom stereocenters. The second-order valence-electron chi connectivity index (χ2n) is 5.63. The van der Waals surface area contributed by atoms with Crippen molar-refractivity contribution < 1.29 is 14.3 Å². The summed E-state index contributed by atoms with van der Waals surface area (Å²) < 4.78 is 4.70. The lowest BCUT2D eigenvalue weighted by Gasteiger charge is -2.16. The summed E-state index contributed by atoms with van der Waals surface area (Å²) in [6.45, 7) is 1.99. The number of carbonyl (C=O) groups excluding carboxylic acids is 2. The fourth-order valence-electron chi connectivity index (χ4n) is 2.93. The normalized spacial score (nSPS) is 23.1. The quantitative estimate of drug-likeness (QED) is 0.570. The summed E-state index contributed by atoms with van der Waals surface area (Å²) in [6, 6.07) is 0. The highest BCUT2D eigenvalue weighted by molar-refractivity contribution is 5.86. The van der Waals surface area contributed by atoms with Crippen molar-refractivity contribution >= 4 is 17.6 Å². The molecule has 1 atom stereocenters. The van der Waals surface area contributed by atoms with Gasteiger partial charge in [-0.3, -0.25) is 14.6 Å². The van der Waals surface area contributed by atoms with Crippen LogP contribution in [0.1, 0.15) is 44.9 Å². The monoisotopic (exact) mass is 280 g/mol. The van der Waals surface area contributed by atoms with E-state index in [1.807, 2.05) is 0 Å². The third kappa shape index (κ3) is 4.05. The lowest BCUT2D eigenvalue weighted by atomic mass is 9.98. The van der Waals surface area contributed by atoms with Gasteiger partial charge in [-0.2, -0.15) is 0 Å². The Morgan fingerprint density at radius 1 is 1.35 bits per heavy atom. The minimum Gasteiger partial charge on any atom is -0.469 e. The standard InChI is InChI=1S/C15H24N2O3/c1-20-15(19)12-10-14(18)17(11-12)9-5-8-16-13-6-3-2-4-7-13/h12H,2-11H2,1H3. The molecule has 1 amide bonds. The Morgan fingerprint density at radius 3 is 2.80 bits per heavy atom. The molecule has 0 spiro atoms. The SMILES string of the molecule is COC(=O)C1CC(=O)N(CCCN=C2CCCCC2)C1. The van der Waals surface area contributed by atoms with Gasteiger partial charge in [-0.25, -0.2) is 0 Å². The van der Waals surface area contributed by atoms with Crippen molar-refractivity contribution in [3.8, 4) is 0 Å². The van der Waals surface area contributed by atoms with Gasteiger partial charge in [-0.05, 0) is 32.1 Å². The second kappa shape index (κ2) is 7.41. The molecular weight excluding hydrogens is 256 g/mol. The van der Waals surface area contributed by atoms with Crippen LogP contribution in [0.5, 0.6) is 0 Å². The van der Waals surface area contributed by atoms with Crippen LogP contribution in [0, 0.1) is 5.92 Å². The maximum Gasteiger partial charge on any atom is 0.310 e. The van der Waals surface area contributed by atoms with E-state index < -0.39 is 0 Å². The summed E-state index contributed by atoms with van der Waals surface area (Å²) in [5.74, 6) is -0.494. The summed E-state index contributed by atoms with van der Waals surface area (Å²) in [6.07, 6.45) is 7.33. The molecule has 2 fully saturated rings. The summed E-state index contributed by atoms with van der Waals surface area (Å²) in [4.78, 5) is 29.6. The van der Waals surface area contributed by atoms with E-state index in [1.54, 1.807) is 4.90 Å². The van der Waals surface area contributed by atoms with E-state index in [4.69, 9.17) is 4.74 Å². The number of esters is 1. The number of carbonyl (C=O) groups is 2.